The van der Waals surface area contributed by atoms with Gasteiger partial charge in [-0.15, -0.1) is 0 Å². The molecule has 2 heteroatoms. The maximum Gasteiger partial charge on any atom is 0.127 e. The summed E-state index contributed by atoms with van der Waals surface area (Å²) in [5.74, 6) is 1.07. The molecule has 1 heterocycles. The molecule has 0 radical (unpaired) electrons. The zero-order chi connectivity index (χ0) is 14.7. The smallest absolute Gasteiger partial charge is 0.127 e. The minimum Gasteiger partial charge on any atom is -0.493 e. The molecular weight excluding hydrogens is 258 g/mol. The van der Waals surface area contributed by atoms with E-state index in [2.05, 4.69) is 61.6 Å². The van der Waals surface area contributed by atoms with Crippen LogP contribution in [0.5, 0.6) is 5.75 Å². The van der Waals surface area contributed by atoms with Gasteiger partial charge in [0, 0.05) is 11.3 Å². The number of rotatable bonds is 3. The van der Waals surface area contributed by atoms with Gasteiger partial charge in [-0.2, -0.15) is 0 Å². The van der Waals surface area contributed by atoms with Crippen molar-refractivity contribution in [3.05, 3.63) is 59.2 Å². The van der Waals surface area contributed by atoms with Gasteiger partial charge < -0.3 is 10.1 Å². The van der Waals surface area contributed by atoms with Gasteiger partial charge in [-0.1, -0.05) is 37.3 Å². The van der Waals surface area contributed by atoms with E-state index in [1.807, 2.05) is 0 Å². The van der Waals surface area contributed by atoms with Gasteiger partial charge in [0.15, 0.2) is 0 Å². The molecule has 3 rings (SSSR count). The fourth-order valence-electron chi connectivity index (χ4n) is 3.00. The molecule has 1 N–H and O–H groups in total. The molecule has 0 saturated carbocycles. The molecule has 1 aliphatic rings. The Morgan fingerprint density at radius 1 is 1.19 bits per heavy atom. The van der Waals surface area contributed by atoms with Gasteiger partial charge in [-0.3, -0.25) is 0 Å². The van der Waals surface area contributed by atoms with Crippen molar-refractivity contribution in [1.29, 1.82) is 0 Å². The highest BCUT2D eigenvalue weighted by Crippen LogP contribution is 2.36. The summed E-state index contributed by atoms with van der Waals surface area (Å²) in [6.07, 6.45) is 3.26. The van der Waals surface area contributed by atoms with Crippen molar-refractivity contribution in [2.75, 3.05) is 11.9 Å². The van der Waals surface area contributed by atoms with Crippen molar-refractivity contribution in [2.45, 2.75) is 39.2 Å². The summed E-state index contributed by atoms with van der Waals surface area (Å²) in [4.78, 5) is 0. The molecule has 2 nitrogen and oxygen atoms in total. The van der Waals surface area contributed by atoms with E-state index in [1.54, 1.807) is 0 Å². The van der Waals surface area contributed by atoms with E-state index in [0.29, 0.717) is 6.04 Å². The van der Waals surface area contributed by atoms with Crippen LogP contribution in [0.4, 0.5) is 5.69 Å². The highest BCUT2D eigenvalue weighted by atomic mass is 16.5. The minimum atomic E-state index is 0.328. The molecule has 0 bridgehead atoms. The average Bonchev–Trinajstić information content (AvgIpc) is 2.71. The number of hydrogen-bond acceptors (Lipinski definition) is 2. The van der Waals surface area contributed by atoms with Gasteiger partial charge in [0.05, 0.1) is 12.6 Å². The van der Waals surface area contributed by atoms with Crippen LogP contribution >= 0.6 is 0 Å². The topological polar surface area (TPSA) is 21.3 Å². The second-order valence-electron chi connectivity index (χ2n) is 5.73. The number of nitrogens with one attached hydrogen (secondary N) is 1. The van der Waals surface area contributed by atoms with Crippen LogP contribution in [0.2, 0.25) is 0 Å². The van der Waals surface area contributed by atoms with Gasteiger partial charge in [0.2, 0.25) is 0 Å². The Morgan fingerprint density at radius 2 is 2.05 bits per heavy atom. The summed E-state index contributed by atoms with van der Waals surface area (Å²) < 4.78 is 5.95. The van der Waals surface area contributed by atoms with Crippen molar-refractivity contribution in [3.63, 3.8) is 0 Å². The van der Waals surface area contributed by atoms with E-state index in [-0.39, 0.29) is 0 Å². The monoisotopic (exact) mass is 281 g/mol. The zero-order valence-corrected chi connectivity index (χ0v) is 12.9. The molecule has 2 aromatic carbocycles. The van der Waals surface area contributed by atoms with Gasteiger partial charge in [-0.05, 0) is 49.4 Å². The highest BCUT2D eigenvalue weighted by molar-refractivity contribution is 5.51. The number of hydrogen-bond donors (Lipinski definition) is 1. The predicted octanol–water partition coefficient (Wildman–Crippen LogP) is 4.88. The van der Waals surface area contributed by atoms with Crippen LogP contribution in [0, 0.1) is 6.92 Å². The Balaban J connectivity index is 1.90. The molecular formula is C19H23NO. The summed E-state index contributed by atoms with van der Waals surface area (Å²) in [5, 5.41) is 3.70. The van der Waals surface area contributed by atoms with Crippen LogP contribution in [-0.2, 0) is 6.42 Å². The van der Waals surface area contributed by atoms with Crippen molar-refractivity contribution in [1.82, 2.24) is 0 Å². The first-order chi connectivity index (χ1) is 10.3. The lowest BCUT2D eigenvalue weighted by atomic mass is 9.99. The van der Waals surface area contributed by atoms with E-state index in [9.17, 15) is 0 Å². The predicted molar refractivity (Wildman–Crippen MR) is 88.1 cm³/mol. The van der Waals surface area contributed by atoms with E-state index in [0.717, 1.165) is 31.6 Å². The van der Waals surface area contributed by atoms with Gasteiger partial charge in [0.1, 0.15) is 5.75 Å². The molecule has 1 atom stereocenters. The van der Waals surface area contributed by atoms with Crippen molar-refractivity contribution >= 4 is 5.69 Å². The van der Waals surface area contributed by atoms with Gasteiger partial charge in [0.25, 0.3) is 0 Å². The van der Waals surface area contributed by atoms with Crippen molar-refractivity contribution in [2.24, 2.45) is 0 Å². The molecule has 1 aliphatic heterocycles. The number of aryl methyl sites for hydroxylation is 2. The van der Waals surface area contributed by atoms with Crippen LogP contribution < -0.4 is 10.1 Å². The molecule has 21 heavy (non-hydrogen) atoms. The molecule has 0 spiro atoms. The van der Waals surface area contributed by atoms with Gasteiger partial charge >= 0.3 is 0 Å². The molecule has 110 valence electrons. The number of fused-ring (bicyclic) bond motifs is 1. The summed E-state index contributed by atoms with van der Waals surface area (Å²) in [5.41, 5.74) is 5.08. The summed E-state index contributed by atoms with van der Waals surface area (Å²) in [6.45, 7) is 5.13. The fraction of sp³-hybridized carbons (Fsp3) is 0.368. The average molecular weight is 281 g/mol. The molecule has 0 amide bonds. The third-order valence-corrected chi connectivity index (χ3v) is 4.18. The number of benzene rings is 2. The Morgan fingerprint density at radius 3 is 2.90 bits per heavy atom. The molecule has 1 unspecified atom stereocenters. The maximum absolute atomic E-state index is 5.95. The SMILES string of the molecule is CCc1cccc(NC2CCCOc3c(C)cccc32)c1. The van der Waals surface area contributed by atoms with Crippen LogP contribution in [0.3, 0.4) is 0 Å². The summed E-state index contributed by atoms with van der Waals surface area (Å²) in [6, 6.07) is 15.5. The second kappa shape index (κ2) is 6.21. The third kappa shape index (κ3) is 3.05. The second-order valence-corrected chi connectivity index (χ2v) is 5.73. The molecule has 0 fully saturated rings. The molecule has 2 aromatic rings. The Bertz CT molecular complexity index is 621. The fourth-order valence-corrected chi connectivity index (χ4v) is 3.00. The van der Waals surface area contributed by atoms with Crippen molar-refractivity contribution in [3.8, 4) is 5.75 Å². The van der Waals surface area contributed by atoms with E-state index >= 15 is 0 Å². The van der Waals surface area contributed by atoms with Crippen LogP contribution in [-0.4, -0.2) is 6.61 Å². The largest absolute Gasteiger partial charge is 0.493 e. The Hall–Kier alpha value is -1.96. The first-order valence-electron chi connectivity index (χ1n) is 7.85. The van der Waals surface area contributed by atoms with Gasteiger partial charge in [-0.25, -0.2) is 0 Å². The number of para-hydroxylation sites is 1. The standard InChI is InChI=1S/C19H23NO/c1-3-15-8-5-9-16(13-15)20-18-11-6-12-21-19-14(2)7-4-10-17(18)19/h4-5,7-10,13,18,20H,3,6,11-12H2,1-2H3. The Kier molecular flexibility index (Phi) is 4.14. The third-order valence-electron chi connectivity index (χ3n) is 4.18. The zero-order valence-electron chi connectivity index (χ0n) is 12.9. The molecule has 0 aliphatic carbocycles. The van der Waals surface area contributed by atoms with Crippen molar-refractivity contribution < 1.29 is 4.74 Å². The van der Waals surface area contributed by atoms with E-state index < -0.39 is 0 Å². The molecule has 0 saturated heterocycles. The lowest BCUT2D eigenvalue weighted by Gasteiger charge is -2.21. The first-order valence-corrected chi connectivity index (χ1v) is 7.85. The molecule has 0 aromatic heterocycles. The lowest BCUT2D eigenvalue weighted by molar-refractivity contribution is 0.314. The van der Waals surface area contributed by atoms with E-state index in [4.69, 9.17) is 4.74 Å². The normalized spacial score (nSPS) is 17.5. The van der Waals surface area contributed by atoms with Crippen LogP contribution in [0.15, 0.2) is 42.5 Å². The van der Waals surface area contributed by atoms with Crippen LogP contribution in [0.25, 0.3) is 0 Å². The lowest BCUT2D eigenvalue weighted by Crippen LogP contribution is -2.10. The first kappa shape index (κ1) is 14.0. The summed E-state index contributed by atoms with van der Waals surface area (Å²) in [7, 11) is 0. The minimum absolute atomic E-state index is 0.328. The number of ether oxygens (including phenoxy) is 1. The maximum atomic E-state index is 5.95. The van der Waals surface area contributed by atoms with Crippen LogP contribution in [0.1, 0.15) is 42.5 Å². The Labute approximate surface area is 127 Å². The number of anilines is 1. The highest BCUT2D eigenvalue weighted by Gasteiger charge is 2.20. The van der Waals surface area contributed by atoms with E-state index in [1.165, 1.54) is 22.4 Å². The quantitative estimate of drug-likeness (QED) is 0.865. The summed E-state index contributed by atoms with van der Waals surface area (Å²) >= 11 is 0.